The summed E-state index contributed by atoms with van der Waals surface area (Å²) >= 11 is 3.35. The second-order valence-corrected chi connectivity index (χ2v) is 6.19. The molecule has 2 N–H and O–H groups in total. The predicted molar refractivity (Wildman–Crippen MR) is 77.9 cm³/mol. The first kappa shape index (κ1) is 13.1. The summed E-state index contributed by atoms with van der Waals surface area (Å²) in [4.78, 5) is 16.4. The van der Waals surface area contributed by atoms with Gasteiger partial charge in [-0.05, 0) is 53.2 Å². The smallest absolute Gasteiger partial charge is 0.241 e. The minimum Gasteiger partial charge on any atom is -0.322 e. The molecule has 0 bridgehead atoms. The SMILES string of the molecule is O=C(Nc1cccnc1Br)C1CC2CCCCC2N1. The van der Waals surface area contributed by atoms with Crippen LogP contribution >= 0.6 is 15.9 Å². The molecule has 5 heteroatoms. The van der Waals surface area contributed by atoms with E-state index >= 15 is 0 Å². The van der Waals surface area contributed by atoms with E-state index in [4.69, 9.17) is 0 Å². The Balaban J connectivity index is 1.64. The Morgan fingerprint density at radius 2 is 2.26 bits per heavy atom. The van der Waals surface area contributed by atoms with Crippen molar-refractivity contribution >= 4 is 27.5 Å². The molecule has 1 saturated heterocycles. The fourth-order valence-corrected chi connectivity index (χ4v) is 3.57. The summed E-state index contributed by atoms with van der Waals surface area (Å²) in [6.07, 6.45) is 7.74. The Morgan fingerprint density at radius 3 is 3.05 bits per heavy atom. The highest BCUT2D eigenvalue weighted by Gasteiger charge is 2.38. The first-order valence-electron chi connectivity index (χ1n) is 6.91. The van der Waals surface area contributed by atoms with Crippen molar-refractivity contribution in [2.75, 3.05) is 5.32 Å². The number of pyridine rings is 1. The lowest BCUT2D eigenvalue weighted by molar-refractivity contribution is -0.117. The minimum absolute atomic E-state index is 0.0554. The number of fused-ring (bicyclic) bond motifs is 1. The maximum atomic E-state index is 12.3. The van der Waals surface area contributed by atoms with Crippen molar-refractivity contribution in [2.45, 2.75) is 44.2 Å². The Bertz CT molecular complexity index is 466. The zero-order valence-electron chi connectivity index (χ0n) is 10.7. The van der Waals surface area contributed by atoms with Crippen LogP contribution in [0.2, 0.25) is 0 Å². The van der Waals surface area contributed by atoms with E-state index in [1.807, 2.05) is 12.1 Å². The first-order valence-corrected chi connectivity index (χ1v) is 7.71. The molecular weight excluding hydrogens is 306 g/mol. The van der Waals surface area contributed by atoms with E-state index in [0.29, 0.717) is 16.6 Å². The number of nitrogens with zero attached hydrogens (tertiary/aromatic N) is 1. The molecule has 0 aromatic carbocycles. The summed E-state index contributed by atoms with van der Waals surface area (Å²) in [5, 5.41) is 6.44. The number of anilines is 1. The molecule has 0 radical (unpaired) electrons. The van der Waals surface area contributed by atoms with Crippen LogP contribution in [0.1, 0.15) is 32.1 Å². The van der Waals surface area contributed by atoms with Crippen LogP contribution in [0.25, 0.3) is 0 Å². The lowest BCUT2D eigenvalue weighted by Gasteiger charge is -2.24. The van der Waals surface area contributed by atoms with Gasteiger partial charge in [0.05, 0.1) is 11.7 Å². The second kappa shape index (κ2) is 5.59. The molecule has 3 unspecified atom stereocenters. The quantitative estimate of drug-likeness (QED) is 0.823. The molecule has 1 amide bonds. The maximum absolute atomic E-state index is 12.3. The normalized spacial score (nSPS) is 29.8. The molecule has 3 atom stereocenters. The summed E-state index contributed by atoms with van der Waals surface area (Å²) in [5.41, 5.74) is 0.740. The van der Waals surface area contributed by atoms with Crippen molar-refractivity contribution in [3.8, 4) is 0 Å². The molecule has 2 heterocycles. The third-order valence-corrected chi connectivity index (χ3v) is 4.83. The topological polar surface area (TPSA) is 54.0 Å². The number of nitrogens with one attached hydrogen (secondary N) is 2. The monoisotopic (exact) mass is 323 g/mol. The van der Waals surface area contributed by atoms with Gasteiger partial charge >= 0.3 is 0 Å². The maximum Gasteiger partial charge on any atom is 0.241 e. The number of carbonyl (C=O) groups excluding carboxylic acids is 1. The lowest BCUT2D eigenvalue weighted by atomic mass is 9.85. The summed E-state index contributed by atoms with van der Waals surface area (Å²) in [6.45, 7) is 0. The zero-order valence-corrected chi connectivity index (χ0v) is 12.3. The molecule has 102 valence electrons. The Labute approximate surface area is 121 Å². The summed E-state index contributed by atoms with van der Waals surface area (Å²) < 4.78 is 0.679. The van der Waals surface area contributed by atoms with Gasteiger partial charge in [0.25, 0.3) is 0 Å². The van der Waals surface area contributed by atoms with Crippen LogP contribution in [-0.4, -0.2) is 23.0 Å². The summed E-state index contributed by atoms with van der Waals surface area (Å²) in [7, 11) is 0. The van der Waals surface area contributed by atoms with Crippen LogP contribution in [0, 0.1) is 5.92 Å². The zero-order chi connectivity index (χ0) is 13.2. The van der Waals surface area contributed by atoms with E-state index in [0.717, 1.165) is 12.1 Å². The molecule has 2 fully saturated rings. The Morgan fingerprint density at radius 1 is 1.42 bits per heavy atom. The lowest BCUT2D eigenvalue weighted by Crippen LogP contribution is -2.39. The van der Waals surface area contributed by atoms with E-state index in [9.17, 15) is 4.79 Å². The van der Waals surface area contributed by atoms with Crippen LogP contribution in [-0.2, 0) is 4.79 Å². The van der Waals surface area contributed by atoms with Gasteiger partial charge < -0.3 is 10.6 Å². The van der Waals surface area contributed by atoms with Gasteiger partial charge in [-0.2, -0.15) is 0 Å². The molecule has 0 spiro atoms. The summed E-state index contributed by atoms with van der Waals surface area (Å²) in [6, 6.07) is 4.17. The molecule has 1 aliphatic heterocycles. The average molecular weight is 324 g/mol. The van der Waals surface area contributed by atoms with Crippen LogP contribution in [0.15, 0.2) is 22.9 Å². The highest BCUT2D eigenvalue weighted by atomic mass is 79.9. The molecule has 4 nitrogen and oxygen atoms in total. The van der Waals surface area contributed by atoms with Crippen molar-refractivity contribution in [3.63, 3.8) is 0 Å². The number of hydrogen-bond donors (Lipinski definition) is 2. The number of rotatable bonds is 2. The fourth-order valence-electron chi connectivity index (χ4n) is 3.22. The molecule has 19 heavy (non-hydrogen) atoms. The highest BCUT2D eigenvalue weighted by Crippen LogP contribution is 2.33. The molecule has 1 aromatic rings. The Hall–Kier alpha value is -0.940. The van der Waals surface area contributed by atoms with Gasteiger partial charge in [-0.3, -0.25) is 4.79 Å². The van der Waals surface area contributed by atoms with Gasteiger partial charge in [0.1, 0.15) is 4.60 Å². The van der Waals surface area contributed by atoms with Crippen LogP contribution in [0.3, 0.4) is 0 Å². The number of aromatic nitrogens is 1. The predicted octanol–water partition coefficient (Wildman–Crippen LogP) is 2.70. The van der Waals surface area contributed by atoms with E-state index < -0.39 is 0 Å². The van der Waals surface area contributed by atoms with Gasteiger partial charge in [0.2, 0.25) is 5.91 Å². The molecule has 3 rings (SSSR count). The van der Waals surface area contributed by atoms with Crippen molar-refractivity contribution < 1.29 is 4.79 Å². The third kappa shape index (κ3) is 2.82. The molecule has 1 aliphatic carbocycles. The largest absolute Gasteiger partial charge is 0.322 e. The number of amides is 1. The van der Waals surface area contributed by atoms with Gasteiger partial charge in [0.15, 0.2) is 0 Å². The number of halogens is 1. The first-order chi connectivity index (χ1) is 9.24. The molecule has 1 saturated carbocycles. The van der Waals surface area contributed by atoms with Crippen LogP contribution in [0.4, 0.5) is 5.69 Å². The molecule has 1 aromatic heterocycles. The van der Waals surface area contributed by atoms with Gasteiger partial charge in [-0.1, -0.05) is 12.8 Å². The summed E-state index contributed by atoms with van der Waals surface area (Å²) in [5.74, 6) is 0.741. The third-order valence-electron chi connectivity index (χ3n) is 4.20. The number of hydrogen-bond acceptors (Lipinski definition) is 3. The van der Waals surface area contributed by atoms with Crippen molar-refractivity contribution in [3.05, 3.63) is 22.9 Å². The standard InChI is InChI=1S/C14H18BrN3O/c15-13-11(6-3-7-16-13)18-14(19)12-8-9-4-1-2-5-10(9)17-12/h3,6-7,9-10,12,17H,1-2,4-5,8H2,(H,18,19). The van der Waals surface area contributed by atoms with E-state index in [-0.39, 0.29) is 11.9 Å². The fraction of sp³-hybridized carbons (Fsp3) is 0.571. The van der Waals surface area contributed by atoms with Crippen molar-refractivity contribution in [1.29, 1.82) is 0 Å². The van der Waals surface area contributed by atoms with E-state index in [1.54, 1.807) is 6.20 Å². The van der Waals surface area contributed by atoms with Gasteiger partial charge in [-0.15, -0.1) is 0 Å². The second-order valence-electron chi connectivity index (χ2n) is 5.44. The highest BCUT2D eigenvalue weighted by molar-refractivity contribution is 9.10. The van der Waals surface area contributed by atoms with Crippen molar-refractivity contribution in [1.82, 2.24) is 10.3 Å². The Kier molecular flexibility index (Phi) is 3.84. The van der Waals surface area contributed by atoms with Crippen LogP contribution in [0.5, 0.6) is 0 Å². The average Bonchev–Trinajstić information content (AvgIpc) is 2.85. The van der Waals surface area contributed by atoms with Gasteiger partial charge in [0, 0.05) is 12.2 Å². The molecular formula is C14H18BrN3O. The van der Waals surface area contributed by atoms with Crippen molar-refractivity contribution in [2.24, 2.45) is 5.92 Å². The van der Waals surface area contributed by atoms with E-state index in [1.165, 1.54) is 25.7 Å². The van der Waals surface area contributed by atoms with Crippen LogP contribution < -0.4 is 10.6 Å². The van der Waals surface area contributed by atoms with E-state index in [2.05, 4.69) is 31.5 Å². The van der Waals surface area contributed by atoms with Gasteiger partial charge in [-0.25, -0.2) is 4.98 Å². The molecule has 2 aliphatic rings. The minimum atomic E-state index is -0.0554. The number of carbonyl (C=O) groups is 1.